The molecule has 1 aliphatic rings. The molecule has 0 aliphatic carbocycles. The van der Waals surface area contributed by atoms with Crippen molar-refractivity contribution in [2.45, 2.75) is 64.3 Å². The first-order valence-corrected chi connectivity index (χ1v) is 10.2. The van der Waals surface area contributed by atoms with Gasteiger partial charge in [0.1, 0.15) is 11.0 Å². The van der Waals surface area contributed by atoms with Crippen LogP contribution in [0.4, 0.5) is 0 Å². The SMILES string of the molecule is C#C[C@](CCC)(O[Si](CC)(CC)CC)C1(C#N)COC1. The molecule has 0 amide bonds. The van der Waals surface area contributed by atoms with Crippen LogP contribution in [0, 0.1) is 29.1 Å². The monoisotopic (exact) mass is 293 g/mol. The molecule has 0 bridgehead atoms. The maximum Gasteiger partial charge on any atom is 0.194 e. The van der Waals surface area contributed by atoms with E-state index in [9.17, 15) is 5.26 Å². The summed E-state index contributed by atoms with van der Waals surface area (Å²) >= 11 is 0. The van der Waals surface area contributed by atoms with Gasteiger partial charge in [0.25, 0.3) is 0 Å². The quantitative estimate of drug-likeness (QED) is 0.506. The third kappa shape index (κ3) is 2.65. The smallest absolute Gasteiger partial charge is 0.194 e. The normalized spacial score (nSPS) is 20.3. The number of nitrogens with zero attached hydrogens (tertiary/aromatic N) is 1. The summed E-state index contributed by atoms with van der Waals surface area (Å²) < 4.78 is 12.0. The van der Waals surface area contributed by atoms with Gasteiger partial charge in [-0.05, 0) is 24.6 Å². The number of nitriles is 1. The van der Waals surface area contributed by atoms with Crippen LogP contribution in [-0.4, -0.2) is 27.1 Å². The minimum absolute atomic E-state index is 0.398. The Morgan fingerprint density at radius 3 is 2.05 bits per heavy atom. The van der Waals surface area contributed by atoms with Crippen molar-refractivity contribution in [1.29, 1.82) is 5.26 Å². The van der Waals surface area contributed by atoms with Crippen LogP contribution in [0.5, 0.6) is 0 Å². The molecule has 3 nitrogen and oxygen atoms in total. The lowest BCUT2D eigenvalue weighted by Gasteiger charge is -2.51. The predicted octanol–water partition coefficient (Wildman–Crippen LogP) is 3.72. The highest BCUT2D eigenvalue weighted by molar-refractivity contribution is 6.73. The number of hydrogen-bond donors (Lipinski definition) is 0. The fourth-order valence-electron chi connectivity index (χ4n) is 3.01. The molecule has 1 rings (SSSR count). The summed E-state index contributed by atoms with van der Waals surface area (Å²) in [4.78, 5) is 0. The third-order valence-corrected chi connectivity index (χ3v) is 9.49. The van der Waals surface area contributed by atoms with E-state index in [0.29, 0.717) is 13.2 Å². The minimum Gasteiger partial charge on any atom is -0.399 e. The van der Waals surface area contributed by atoms with Gasteiger partial charge < -0.3 is 9.16 Å². The van der Waals surface area contributed by atoms with Crippen LogP contribution in [0.25, 0.3) is 0 Å². The minimum atomic E-state index is -1.87. The van der Waals surface area contributed by atoms with E-state index in [-0.39, 0.29) is 0 Å². The Hall–Kier alpha value is -0.813. The van der Waals surface area contributed by atoms with Crippen LogP contribution in [0.2, 0.25) is 18.1 Å². The maximum absolute atomic E-state index is 9.65. The average molecular weight is 293 g/mol. The molecule has 1 aliphatic heterocycles. The molecule has 20 heavy (non-hydrogen) atoms. The summed E-state index contributed by atoms with van der Waals surface area (Å²) in [5, 5.41) is 9.65. The van der Waals surface area contributed by atoms with Gasteiger partial charge in [-0.3, -0.25) is 0 Å². The molecule has 1 atom stereocenters. The average Bonchev–Trinajstić information content (AvgIpc) is 2.44. The van der Waals surface area contributed by atoms with E-state index in [1.807, 2.05) is 0 Å². The van der Waals surface area contributed by atoms with Gasteiger partial charge in [0.05, 0.1) is 19.3 Å². The van der Waals surface area contributed by atoms with Crippen molar-refractivity contribution in [3.63, 3.8) is 0 Å². The Labute approximate surface area is 124 Å². The molecular formula is C16H27NO2Si. The van der Waals surface area contributed by atoms with Crippen LogP contribution >= 0.6 is 0 Å². The maximum atomic E-state index is 9.65. The highest BCUT2D eigenvalue weighted by Crippen LogP contribution is 2.46. The van der Waals surface area contributed by atoms with E-state index in [2.05, 4.69) is 39.7 Å². The summed E-state index contributed by atoms with van der Waals surface area (Å²) in [5.74, 6) is 2.88. The van der Waals surface area contributed by atoms with Gasteiger partial charge in [-0.25, -0.2) is 0 Å². The molecule has 1 heterocycles. The van der Waals surface area contributed by atoms with Crippen LogP contribution < -0.4 is 0 Å². The fraction of sp³-hybridized carbons (Fsp3) is 0.812. The largest absolute Gasteiger partial charge is 0.399 e. The lowest BCUT2D eigenvalue weighted by molar-refractivity contribution is -0.161. The van der Waals surface area contributed by atoms with Crippen molar-refractivity contribution in [3.05, 3.63) is 0 Å². The van der Waals surface area contributed by atoms with Gasteiger partial charge in [-0.2, -0.15) is 5.26 Å². The van der Waals surface area contributed by atoms with Gasteiger partial charge in [0, 0.05) is 0 Å². The van der Waals surface area contributed by atoms with Crippen molar-refractivity contribution in [3.8, 4) is 18.4 Å². The molecule has 1 saturated heterocycles. The zero-order valence-electron chi connectivity index (χ0n) is 13.3. The van der Waals surface area contributed by atoms with Crippen LogP contribution in [-0.2, 0) is 9.16 Å². The predicted molar refractivity (Wildman–Crippen MR) is 83.6 cm³/mol. The van der Waals surface area contributed by atoms with Crippen molar-refractivity contribution in [2.24, 2.45) is 5.41 Å². The van der Waals surface area contributed by atoms with Gasteiger partial charge in [-0.15, -0.1) is 6.42 Å². The summed E-state index contributed by atoms with van der Waals surface area (Å²) in [6.45, 7) is 9.44. The fourth-order valence-corrected chi connectivity index (χ4v) is 6.04. The van der Waals surface area contributed by atoms with E-state index in [4.69, 9.17) is 15.6 Å². The number of ether oxygens (including phenoxy) is 1. The van der Waals surface area contributed by atoms with E-state index >= 15 is 0 Å². The first kappa shape index (κ1) is 17.2. The Morgan fingerprint density at radius 1 is 1.25 bits per heavy atom. The Morgan fingerprint density at radius 2 is 1.80 bits per heavy atom. The van der Waals surface area contributed by atoms with Crippen molar-refractivity contribution in [1.82, 2.24) is 0 Å². The van der Waals surface area contributed by atoms with E-state index < -0.39 is 19.3 Å². The molecule has 4 heteroatoms. The molecular weight excluding hydrogens is 266 g/mol. The zero-order chi connectivity index (χ0) is 15.3. The second-order valence-electron chi connectivity index (χ2n) is 5.75. The Bertz CT molecular complexity index is 393. The lowest BCUT2D eigenvalue weighted by Crippen LogP contribution is -2.63. The van der Waals surface area contributed by atoms with Crippen molar-refractivity contribution < 1.29 is 9.16 Å². The topological polar surface area (TPSA) is 42.2 Å². The number of hydrogen-bond acceptors (Lipinski definition) is 3. The second-order valence-corrected chi connectivity index (χ2v) is 10.4. The third-order valence-electron chi connectivity index (χ3n) is 4.84. The van der Waals surface area contributed by atoms with Gasteiger partial charge in [0.2, 0.25) is 0 Å². The Kier molecular flexibility index (Phi) is 5.83. The van der Waals surface area contributed by atoms with Crippen LogP contribution in [0.1, 0.15) is 40.5 Å². The van der Waals surface area contributed by atoms with E-state index in [1.54, 1.807) is 0 Å². The molecule has 1 fully saturated rings. The molecule has 0 spiro atoms. The zero-order valence-corrected chi connectivity index (χ0v) is 14.3. The molecule has 0 N–H and O–H groups in total. The van der Waals surface area contributed by atoms with E-state index in [0.717, 1.165) is 31.0 Å². The van der Waals surface area contributed by atoms with Crippen molar-refractivity contribution >= 4 is 8.32 Å². The molecule has 0 saturated carbocycles. The molecule has 0 unspecified atom stereocenters. The van der Waals surface area contributed by atoms with Gasteiger partial charge in [0.15, 0.2) is 8.32 Å². The number of terminal acetylenes is 1. The van der Waals surface area contributed by atoms with Gasteiger partial charge in [-0.1, -0.05) is 40.0 Å². The summed E-state index contributed by atoms with van der Waals surface area (Å²) in [5.41, 5.74) is -1.43. The number of rotatable bonds is 8. The lowest BCUT2D eigenvalue weighted by atomic mass is 9.69. The van der Waals surface area contributed by atoms with Crippen LogP contribution in [0.3, 0.4) is 0 Å². The van der Waals surface area contributed by atoms with Crippen LogP contribution in [0.15, 0.2) is 0 Å². The summed E-state index contributed by atoms with van der Waals surface area (Å²) in [6, 6.07) is 5.53. The second kappa shape index (κ2) is 6.76. The molecule has 0 aromatic heterocycles. The Balaban J connectivity index is 3.19. The summed E-state index contributed by atoms with van der Waals surface area (Å²) in [6.07, 6.45) is 7.52. The molecule has 0 aromatic rings. The summed E-state index contributed by atoms with van der Waals surface area (Å²) in [7, 11) is -1.87. The van der Waals surface area contributed by atoms with Gasteiger partial charge >= 0.3 is 0 Å². The standard InChI is InChI=1S/C16H27NO2Si/c1-6-11-16(7-2,15(12-17)13-18-14-15)19-20(8-3,9-4)10-5/h2H,6,8-11,13-14H2,1,3-5H3/t16-/m1/s1. The van der Waals surface area contributed by atoms with Crippen molar-refractivity contribution in [2.75, 3.05) is 13.2 Å². The molecule has 112 valence electrons. The molecule has 0 radical (unpaired) electrons. The molecule has 0 aromatic carbocycles. The first-order valence-electron chi connectivity index (χ1n) is 7.70. The highest BCUT2D eigenvalue weighted by atomic mass is 28.4. The highest BCUT2D eigenvalue weighted by Gasteiger charge is 2.59. The van der Waals surface area contributed by atoms with E-state index in [1.165, 1.54) is 0 Å². The first-order chi connectivity index (χ1) is 9.53.